The van der Waals surface area contributed by atoms with Crippen LogP contribution in [-0.2, 0) is 32.7 Å². The minimum Gasteiger partial charge on any atom is -0.462 e. The number of carbonyl (C=O) groups excluding carboxylic acids is 2. The fraction of sp³-hybridized carbons (Fsp3) is 0.699. The van der Waals surface area contributed by atoms with E-state index in [0.717, 1.165) is 103 Å². The number of esters is 2. The first-order chi connectivity index (χ1) is 40.8. The van der Waals surface area contributed by atoms with Gasteiger partial charge >= 0.3 is 19.8 Å². The van der Waals surface area contributed by atoms with Gasteiger partial charge < -0.3 is 20.1 Å². The molecule has 0 spiro atoms. The molecular weight excluding hydrogens is 1050 g/mol. The van der Waals surface area contributed by atoms with Crippen LogP contribution < -0.4 is 5.73 Å². The van der Waals surface area contributed by atoms with E-state index in [1.54, 1.807) is 0 Å². The second-order valence-electron chi connectivity index (χ2n) is 22.3. The first-order valence-corrected chi connectivity index (χ1v) is 35.5. The molecule has 0 saturated carbocycles. The quantitative estimate of drug-likeness (QED) is 0.0264. The van der Waals surface area contributed by atoms with Crippen LogP contribution in [0.15, 0.2) is 122 Å². The molecular formula is C73H126NO8P. The molecule has 0 aromatic heterocycles. The average molecular weight is 1180 g/mol. The van der Waals surface area contributed by atoms with Crippen molar-refractivity contribution in [2.75, 3.05) is 26.4 Å². The van der Waals surface area contributed by atoms with Gasteiger partial charge in [0.15, 0.2) is 6.10 Å². The van der Waals surface area contributed by atoms with E-state index < -0.39 is 26.5 Å². The highest BCUT2D eigenvalue weighted by molar-refractivity contribution is 7.47. The molecule has 0 bridgehead atoms. The SMILES string of the molecule is CC/C=C\C/C=C\C/C=C\C/C=C\C/C=C\C/C=C\C/C=C\CCCCCCCCCCCC(=O)OC(COC(=O)CCCCCCCCCCCCCCCCCC/C=C\C/C=C\C/C=C\CCCCCCC)COP(=O)(O)OCCN. The normalized spacial score (nSPS) is 13.7. The molecule has 83 heavy (non-hydrogen) atoms. The Labute approximate surface area is 511 Å². The second-order valence-corrected chi connectivity index (χ2v) is 23.8. The maximum Gasteiger partial charge on any atom is 0.472 e. The molecule has 476 valence electrons. The summed E-state index contributed by atoms with van der Waals surface area (Å²) in [5.74, 6) is -0.833. The first-order valence-electron chi connectivity index (χ1n) is 34.0. The fourth-order valence-electron chi connectivity index (χ4n) is 9.33. The molecule has 0 rings (SSSR count). The monoisotopic (exact) mass is 1180 g/mol. The van der Waals surface area contributed by atoms with Crippen LogP contribution in [-0.4, -0.2) is 49.3 Å². The lowest BCUT2D eigenvalue weighted by Crippen LogP contribution is -2.29. The molecule has 0 saturated heterocycles. The Morgan fingerprint density at radius 2 is 0.663 bits per heavy atom. The number of carbonyl (C=O) groups is 2. The van der Waals surface area contributed by atoms with Gasteiger partial charge in [-0.15, -0.1) is 0 Å². The topological polar surface area (TPSA) is 134 Å². The van der Waals surface area contributed by atoms with E-state index in [2.05, 4.69) is 135 Å². The standard InChI is InChI=1S/C73H126NO8P/c1-3-5-7-9-11-13-15-17-19-21-23-25-27-29-31-33-35-37-39-41-43-45-47-49-51-53-55-57-59-61-63-65-72(75)79-69-71(70-81-83(77,78)80-68-67-74)82-73(76)66-64-62-60-58-56-54-52-50-48-46-44-42-40-38-36-34-32-30-28-26-24-22-20-18-16-14-12-10-8-6-4-2/h6,8,12,14-15,17-18,20-21,23-24,26-27,29-30,32,36,38,42,44,71H,3-5,7,9-11,13,16,19,22,25,28,31,33-35,37,39-41,43,45-70,74H2,1-2H3,(H,77,78)/b8-6-,14-12-,17-15-,20-18-,23-21-,26-24-,29-27-,32-30-,38-36-,44-42-. The molecule has 0 fully saturated rings. The van der Waals surface area contributed by atoms with Crippen molar-refractivity contribution in [1.82, 2.24) is 0 Å². The Bertz CT molecular complexity index is 1770. The number of allylic oxidation sites excluding steroid dienone is 20. The lowest BCUT2D eigenvalue weighted by Gasteiger charge is -2.19. The zero-order valence-electron chi connectivity index (χ0n) is 53.4. The molecule has 2 unspecified atom stereocenters. The lowest BCUT2D eigenvalue weighted by atomic mass is 10.0. The number of nitrogens with two attached hydrogens (primary N) is 1. The van der Waals surface area contributed by atoms with E-state index in [9.17, 15) is 19.0 Å². The Hall–Kier alpha value is -3.59. The van der Waals surface area contributed by atoms with E-state index in [0.29, 0.717) is 6.42 Å². The molecule has 0 aromatic carbocycles. The van der Waals surface area contributed by atoms with Crippen molar-refractivity contribution in [1.29, 1.82) is 0 Å². The van der Waals surface area contributed by atoms with Gasteiger partial charge in [-0.2, -0.15) is 0 Å². The Morgan fingerprint density at radius 3 is 0.988 bits per heavy atom. The highest BCUT2D eigenvalue weighted by atomic mass is 31.2. The minimum absolute atomic E-state index is 0.0475. The predicted octanol–water partition coefficient (Wildman–Crippen LogP) is 22.3. The molecule has 3 N–H and O–H groups in total. The van der Waals surface area contributed by atoms with Crippen LogP contribution in [0.1, 0.15) is 296 Å². The number of hydrogen-bond donors (Lipinski definition) is 2. The smallest absolute Gasteiger partial charge is 0.462 e. The maximum atomic E-state index is 12.8. The third kappa shape index (κ3) is 67.4. The maximum absolute atomic E-state index is 12.8. The van der Waals surface area contributed by atoms with Crippen molar-refractivity contribution in [3.63, 3.8) is 0 Å². The zero-order chi connectivity index (χ0) is 60.1. The van der Waals surface area contributed by atoms with Crippen LogP contribution in [0.25, 0.3) is 0 Å². The third-order valence-corrected chi connectivity index (χ3v) is 15.3. The fourth-order valence-corrected chi connectivity index (χ4v) is 10.1. The number of hydrogen-bond acceptors (Lipinski definition) is 8. The van der Waals surface area contributed by atoms with Gasteiger partial charge in [-0.3, -0.25) is 18.6 Å². The Balaban J connectivity index is 3.94. The average Bonchev–Trinajstić information content (AvgIpc) is 3.48. The van der Waals surface area contributed by atoms with Gasteiger partial charge in [-0.25, -0.2) is 4.57 Å². The summed E-state index contributed by atoms with van der Waals surface area (Å²) in [6.45, 7) is 3.63. The molecule has 0 aliphatic rings. The molecule has 0 heterocycles. The number of ether oxygens (including phenoxy) is 2. The summed E-state index contributed by atoms with van der Waals surface area (Å²) < 4.78 is 33.2. The lowest BCUT2D eigenvalue weighted by molar-refractivity contribution is -0.161. The molecule has 9 nitrogen and oxygen atoms in total. The number of phosphoric acid groups is 1. The number of rotatable bonds is 63. The van der Waals surface area contributed by atoms with Gasteiger partial charge in [0.25, 0.3) is 0 Å². The molecule has 0 aromatic rings. The van der Waals surface area contributed by atoms with Gasteiger partial charge in [0.1, 0.15) is 6.61 Å². The van der Waals surface area contributed by atoms with Crippen molar-refractivity contribution < 1.29 is 37.6 Å². The summed E-state index contributed by atoms with van der Waals surface area (Å²) in [6, 6.07) is 0. The number of phosphoric ester groups is 1. The van der Waals surface area contributed by atoms with Crippen molar-refractivity contribution in [2.45, 2.75) is 302 Å². The van der Waals surface area contributed by atoms with E-state index in [1.807, 2.05) is 0 Å². The largest absolute Gasteiger partial charge is 0.472 e. The van der Waals surface area contributed by atoms with Crippen molar-refractivity contribution in [3.8, 4) is 0 Å². The van der Waals surface area contributed by atoms with Gasteiger partial charge in [0.05, 0.1) is 13.2 Å². The summed E-state index contributed by atoms with van der Waals surface area (Å²) in [7, 11) is -4.40. The molecule has 0 amide bonds. The summed E-state index contributed by atoms with van der Waals surface area (Å²) in [4.78, 5) is 35.3. The van der Waals surface area contributed by atoms with Crippen molar-refractivity contribution in [3.05, 3.63) is 122 Å². The molecule has 0 aliphatic heterocycles. The van der Waals surface area contributed by atoms with Gasteiger partial charge in [-0.05, 0) is 109 Å². The van der Waals surface area contributed by atoms with Gasteiger partial charge in [-0.1, -0.05) is 296 Å². The van der Waals surface area contributed by atoms with Crippen molar-refractivity contribution >= 4 is 19.8 Å². The Kier molecular flexibility index (Phi) is 64.6. The highest BCUT2D eigenvalue weighted by Crippen LogP contribution is 2.43. The van der Waals surface area contributed by atoms with Crippen LogP contribution in [0.2, 0.25) is 0 Å². The van der Waals surface area contributed by atoms with Crippen molar-refractivity contribution in [2.24, 2.45) is 5.73 Å². The van der Waals surface area contributed by atoms with Crippen LogP contribution in [0, 0.1) is 0 Å². The molecule has 0 aliphatic carbocycles. The van der Waals surface area contributed by atoms with E-state index >= 15 is 0 Å². The summed E-state index contributed by atoms with van der Waals surface area (Å²) in [6.07, 6.45) is 94.2. The predicted molar refractivity (Wildman–Crippen MR) is 358 cm³/mol. The van der Waals surface area contributed by atoms with Crippen LogP contribution >= 0.6 is 7.82 Å². The van der Waals surface area contributed by atoms with E-state index in [1.165, 1.54) is 161 Å². The van der Waals surface area contributed by atoms with E-state index in [4.69, 9.17) is 24.3 Å². The minimum atomic E-state index is -4.40. The summed E-state index contributed by atoms with van der Waals surface area (Å²) in [5.41, 5.74) is 5.40. The zero-order valence-corrected chi connectivity index (χ0v) is 54.3. The first kappa shape index (κ1) is 79.4. The van der Waals surface area contributed by atoms with Crippen LogP contribution in [0.5, 0.6) is 0 Å². The molecule has 2 atom stereocenters. The van der Waals surface area contributed by atoms with Gasteiger partial charge in [0, 0.05) is 19.4 Å². The van der Waals surface area contributed by atoms with Crippen LogP contribution in [0.4, 0.5) is 0 Å². The summed E-state index contributed by atoms with van der Waals surface area (Å²) >= 11 is 0. The third-order valence-electron chi connectivity index (χ3n) is 14.3. The summed E-state index contributed by atoms with van der Waals surface area (Å²) in [5, 5.41) is 0. The second kappa shape index (κ2) is 67.5. The number of unbranched alkanes of at least 4 members (excludes halogenated alkanes) is 30. The Morgan fingerprint density at radius 1 is 0.373 bits per heavy atom. The highest BCUT2D eigenvalue weighted by Gasteiger charge is 2.26. The molecule has 0 radical (unpaired) electrons. The molecule has 10 heteroatoms. The van der Waals surface area contributed by atoms with Gasteiger partial charge in [0.2, 0.25) is 0 Å². The van der Waals surface area contributed by atoms with E-state index in [-0.39, 0.29) is 38.6 Å². The van der Waals surface area contributed by atoms with Crippen LogP contribution in [0.3, 0.4) is 0 Å².